The van der Waals surface area contributed by atoms with E-state index in [0.29, 0.717) is 43.5 Å². The second-order valence-corrected chi connectivity index (χ2v) is 7.87. The summed E-state index contributed by atoms with van der Waals surface area (Å²) in [5.74, 6) is 2.32. The van der Waals surface area contributed by atoms with Gasteiger partial charge in [-0.2, -0.15) is 5.10 Å². The van der Waals surface area contributed by atoms with Crippen LogP contribution in [0.4, 0.5) is 0 Å². The Morgan fingerprint density at radius 3 is 2.56 bits per heavy atom. The van der Waals surface area contributed by atoms with Crippen LogP contribution in [0.15, 0.2) is 0 Å². The highest BCUT2D eigenvalue weighted by Crippen LogP contribution is 2.31. The standard InChI is InChI=1S/C18H31N5O2/c1-11(2)6-7-17(25)23-10-14(20-16(24)8-12(3)4)9-15(23)18-19-13(5)21-22-18/h11-12,14-15H,6-10H2,1-5H3,(H,20,24)(H,19,21,22)/t14-,15-/m0/s1. The molecule has 0 saturated carbocycles. The highest BCUT2D eigenvalue weighted by atomic mass is 16.2. The zero-order chi connectivity index (χ0) is 18.6. The Labute approximate surface area is 150 Å². The van der Waals surface area contributed by atoms with Crippen molar-refractivity contribution < 1.29 is 9.59 Å². The summed E-state index contributed by atoms with van der Waals surface area (Å²) in [5, 5.41) is 10.2. The molecule has 1 fully saturated rings. The van der Waals surface area contributed by atoms with Crippen molar-refractivity contribution in [2.45, 2.75) is 72.4 Å². The van der Waals surface area contributed by atoms with Gasteiger partial charge >= 0.3 is 0 Å². The largest absolute Gasteiger partial charge is 0.351 e. The minimum atomic E-state index is -0.172. The molecule has 1 aliphatic heterocycles. The fourth-order valence-electron chi connectivity index (χ4n) is 3.18. The van der Waals surface area contributed by atoms with Crippen LogP contribution in [0.2, 0.25) is 0 Å². The van der Waals surface area contributed by atoms with Crippen LogP contribution in [0, 0.1) is 18.8 Å². The number of aryl methyl sites for hydroxylation is 1. The van der Waals surface area contributed by atoms with Crippen molar-refractivity contribution in [2.24, 2.45) is 11.8 Å². The molecule has 7 heteroatoms. The van der Waals surface area contributed by atoms with Gasteiger partial charge in [-0.05, 0) is 31.6 Å². The van der Waals surface area contributed by atoms with Gasteiger partial charge in [0.15, 0.2) is 5.82 Å². The van der Waals surface area contributed by atoms with Crippen molar-refractivity contribution >= 4 is 11.8 Å². The molecule has 1 aromatic rings. The number of carbonyl (C=O) groups excluding carboxylic acids is 2. The molecule has 7 nitrogen and oxygen atoms in total. The highest BCUT2D eigenvalue weighted by molar-refractivity contribution is 5.78. The third-order valence-electron chi connectivity index (χ3n) is 4.43. The second kappa shape index (κ2) is 8.45. The van der Waals surface area contributed by atoms with Crippen LogP contribution < -0.4 is 5.32 Å². The molecule has 2 rings (SSSR count). The lowest BCUT2D eigenvalue weighted by molar-refractivity contribution is -0.133. The van der Waals surface area contributed by atoms with Crippen LogP contribution in [-0.4, -0.2) is 44.5 Å². The van der Waals surface area contributed by atoms with Gasteiger partial charge in [0.2, 0.25) is 11.8 Å². The normalized spacial score (nSPS) is 20.5. The quantitative estimate of drug-likeness (QED) is 0.790. The molecule has 0 aliphatic carbocycles. The number of aromatic nitrogens is 3. The molecular formula is C18H31N5O2. The third-order valence-corrected chi connectivity index (χ3v) is 4.43. The summed E-state index contributed by atoms with van der Waals surface area (Å²) in [5.41, 5.74) is 0. The number of hydrogen-bond acceptors (Lipinski definition) is 4. The topological polar surface area (TPSA) is 91.0 Å². The molecule has 0 bridgehead atoms. The van der Waals surface area contributed by atoms with E-state index in [4.69, 9.17) is 0 Å². The molecule has 1 saturated heterocycles. The third kappa shape index (κ3) is 5.54. The van der Waals surface area contributed by atoms with E-state index in [1.165, 1.54) is 0 Å². The maximum absolute atomic E-state index is 12.7. The first kappa shape index (κ1) is 19.4. The molecule has 1 aliphatic rings. The van der Waals surface area contributed by atoms with E-state index in [1.807, 2.05) is 25.7 Å². The van der Waals surface area contributed by atoms with Crippen LogP contribution >= 0.6 is 0 Å². The molecule has 1 aromatic heterocycles. The van der Waals surface area contributed by atoms with Crippen LogP contribution in [0.5, 0.6) is 0 Å². The molecule has 2 heterocycles. The number of rotatable bonds is 7. The van der Waals surface area contributed by atoms with Gasteiger partial charge in [-0.1, -0.05) is 27.7 Å². The first-order valence-corrected chi connectivity index (χ1v) is 9.24. The lowest BCUT2D eigenvalue weighted by atomic mass is 10.1. The van der Waals surface area contributed by atoms with Crippen molar-refractivity contribution in [2.75, 3.05) is 6.54 Å². The van der Waals surface area contributed by atoms with Crippen LogP contribution in [-0.2, 0) is 9.59 Å². The van der Waals surface area contributed by atoms with Crippen molar-refractivity contribution in [3.63, 3.8) is 0 Å². The summed E-state index contributed by atoms with van der Waals surface area (Å²) in [4.78, 5) is 31.0. The zero-order valence-electron chi connectivity index (χ0n) is 16.0. The molecule has 2 amide bonds. The van der Waals surface area contributed by atoms with E-state index in [0.717, 1.165) is 12.2 Å². The van der Waals surface area contributed by atoms with Gasteiger partial charge in [0.05, 0.1) is 6.04 Å². The molecular weight excluding hydrogens is 318 g/mol. The van der Waals surface area contributed by atoms with Crippen LogP contribution in [0.1, 0.15) is 71.1 Å². The zero-order valence-corrected chi connectivity index (χ0v) is 16.0. The Morgan fingerprint density at radius 2 is 2.00 bits per heavy atom. The number of likely N-dealkylation sites (tertiary alicyclic amines) is 1. The monoisotopic (exact) mass is 349 g/mol. The summed E-state index contributed by atoms with van der Waals surface area (Å²) in [6.07, 6.45) is 2.54. The number of amides is 2. The SMILES string of the molecule is Cc1nc([C@@H]2C[C@H](NC(=O)CC(C)C)CN2C(=O)CCC(C)C)n[nH]1. The fraction of sp³-hybridized carbons (Fsp3) is 0.778. The van der Waals surface area contributed by atoms with E-state index in [2.05, 4.69) is 34.3 Å². The van der Waals surface area contributed by atoms with Crippen molar-refractivity contribution in [1.82, 2.24) is 25.4 Å². The lowest BCUT2D eigenvalue weighted by Crippen LogP contribution is -2.39. The Morgan fingerprint density at radius 1 is 1.28 bits per heavy atom. The van der Waals surface area contributed by atoms with Crippen molar-refractivity contribution in [1.29, 1.82) is 0 Å². The van der Waals surface area contributed by atoms with Gasteiger partial charge in [-0.3, -0.25) is 14.7 Å². The van der Waals surface area contributed by atoms with Gasteiger partial charge in [-0.25, -0.2) is 4.98 Å². The van der Waals surface area contributed by atoms with Gasteiger partial charge < -0.3 is 10.2 Å². The summed E-state index contributed by atoms with van der Waals surface area (Å²) < 4.78 is 0. The molecule has 0 unspecified atom stereocenters. The number of carbonyl (C=O) groups is 2. The van der Waals surface area contributed by atoms with Crippen molar-refractivity contribution in [3.05, 3.63) is 11.6 Å². The maximum Gasteiger partial charge on any atom is 0.223 e. The Kier molecular flexibility index (Phi) is 6.56. The van der Waals surface area contributed by atoms with E-state index in [1.54, 1.807) is 0 Å². The van der Waals surface area contributed by atoms with E-state index in [-0.39, 0.29) is 23.9 Å². The second-order valence-electron chi connectivity index (χ2n) is 7.87. The van der Waals surface area contributed by atoms with E-state index < -0.39 is 0 Å². The smallest absolute Gasteiger partial charge is 0.223 e. The summed E-state index contributed by atoms with van der Waals surface area (Å²) >= 11 is 0. The number of hydrogen-bond donors (Lipinski definition) is 2. The van der Waals surface area contributed by atoms with Gasteiger partial charge in [-0.15, -0.1) is 0 Å². The van der Waals surface area contributed by atoms with Crippen LogP contribution in [0.25, 0.3) is 0 Å². The summed E-state index contributed by atoms with van der Waals surface area (Å²) in [6, 6.07) is -0.216. The maximum atomic E-state index is 12.7. The average Bonchev–Trinajstić information content (AvgIpc) is 3.10. The van der Waals surface area contributed by atoms with E-state index in [9.17, 15) is 9.59 Å². The van der Waals surface area contributed by atoms with Gasteiger partial charge in [0, 0.05) is 25.4 Å². The van der Waals surface area contributed by atoms with Crippen molar-refractivity contribution in [3.8, 4) is 0 Å². The minimum absolute atomic E-state index is 0.0430. The lowest BCUT2D eigenvalue weighted by Gasteiger charge is -2.23. The molecule has 140 valence electrons. The van der Waals surface area contributed by atoms with Gasteiger partial charge in [0.25, 0.3) is 0 Å². The first-order chi connectivity index (χ1) is 11.8. The minimum Gasteiger partial charge on any atom is -0.351 e. The summed E-state index contributed by atoms with van der Waals surface area (Å²) in [7, 11) is 0. The predicted octanol–water partition coefficient (Wildman–Crippen LogP) is 2.35. The molecule has 0 spiro atoms. The van der Waals surface area contributed by atoms with E-state index >= 15 is 0 Å². The number of nitrogens with zero attached hydrogens (tertiary/aromatic N) is 3. The predicted molar refractivity (Wildman–Crippen MR) is 95.6 cm³/mol. The Hall–Kier alpha value is -1.92. The average molecular weight is 349 g/mol. The van der Waals surface area contributed by atoms with Crippen LogP contribution in [0.3, 0.4) is 0 Å². The molecule has 2 N–H and O–H groups in total. The molecule has 0 radical (unpaired) electrons. The number of nitrogens with one attached hydrogen (secondary N) is 2. The Bertz CT molecular complexity index is 596. The van der Waals surface area contributed by atoms with Gasteiger partial charge in [0.1, 0.15) is 5.82 Å². The molecule has 0 aromatic carbocycles. The first-order valence-electron chi connectivity index (χ1n) is 9.24. The molecule has 2 atom stereocenters. The molecule has 25 heavy (non-hydrogen) atoms. The number of aromatic amines is 1. The highest BCUT2D eigenvalue weighted by Gasteiger charge is 2.38. The fourth-order valence-corrected chi connectivity index (χ4v) is 3.18. The Balaban J connectivity index is 2.07. The number of H-pyrrole nitrogens is 1. The summed E-state index contributed by atoms with van der Waals surface area (Å²) in [6.45, 7) is 10.6.